The first-order valence-corrected chi connectivity index (χ1v) is 9.86. The first-order chi connectivity index (χ1) is 13.2. The molecule has 1 aliphatic heterocycles. The predicted octanol–water partition coefficient (Wildman–Crippen LogP) is 1.98. The van der Waals surface area contributed by atoms with Crippen LogP contribution in [0.3, 0.4) is 0 Å². The average Bonchev–Trinajstić information content (AvgIpc) is 3.36. The first-order valence-electron chi connectivity index (χ1n) is 9.04. The number of furan rings is 1. The number of aromatic nitrogens is 1. The van der Waals surface area contributed by atoms with Crippen molar-refractivity contribution < 1.29 is 23.2 Å². The largest absolute Gasteiger partial charge is 0.459 e. The summed E-state index contributed by atoms with van der Waals surface area (Å²) in [6, 6.07) is 8.16. The van der Waals surface area contributed by atoms with Crippen molar-refractivity contribution in [2.75, 3.05) is 44.3 Å². The van der Waals surface area contributed by atoms with E-state index in [2.05, 4.69) is 4.98 Å². The standard InChI is InChI=1S/C19H20FN3O3S/c20-14-4-1-6-16-17(14)21-19(27-16)23(18(24)15-5-2-11-26-15)8-3-7-22-9-12-25-13-10-22/h1-2,4-6,11H,3,7-10,12-13H2/p+1. The zero-order valence-corrected chi connectivity index (χ0v) is 15.6. The molecule has 1 fully saturated rings. The highest BCUT2D eigenvalue weighted by molar-refractivity contribution is 7.22. The van der Waals surface area contributed by atoms with Gasteiger partial charge in [0.15, 0.2) is 10.9 Å². The number of amides is 1. The van der Waals surface area contributed by atoms with Gasteiger partial charge in [-0.05, 0) is 24.3 Å². The Labute approximate surface area is 160 Å². The number of fused-ring (bicyclic) bond motifs is 1. The summed E-state index contributed by atoms with van der Waals surface area (Å²) in [6.45, 7) is 4.98. The number of rotatable bonds is 6. The molecule has 0 radical (unpaired) electrons. The van der Waals surface area contributed by atoms with Crippen LogP contribution in [0.25, 0.3) is 10.2 Å². The van der Waals surface area contributed by atoms with Crippen LogP contribution < -0.4 is 9.80 Å². The topological polar surface area (TPSA) is 60.0 Å². The van der Waals surface area contributed by atoms with Gasteiger partial charge in [-0.25, -0.2) is 9.37 Å². The number of hydrogen-bond donors (Lipinski definition) is 1. The number of nitrogens with one attached hydrogen (secondary N) is 1. The van der Waals surface area contributed by atoms with Crippen LogP contribution >= 0.6 is 11.3 Å². The molecule has 0 spiro atoms. The second kappa shape index (κ2) is 8.16. The summed E-state index contributed by atoms with van der Waals surface area (Å²) in [6.07, 6.45) is 2.29. The van der Waals surface area contributed by atoms with Crippen LogP contribution in [0.15, 0.2) is 41.0 Å². The molecule has 3 aromatic rings. The Kier molecular flexibility index (Phi) is 5.47. The number of thiazole rings is 1. The van der Waals surface area contributed by atoms with E-state index in [-0.39, 0.29) is 17.5 Å². The van der Waals surface area contributed by atoms with E-state index >= 15 is 0 Å². The number of halogens is 1. The van der Waals surface area contributed by atoms with Crippen LogP contribution in [0.1, 0.15) is 17.0 Å². The van der Waals surface area contributed by atoms with E-state index in [4.69, 9.17) is 9.15 Å². The third-order valence-electron chi connectivity index (χ3n) is 4.68. The zero-order valence-electron chi connectivity index (χ0n) is 14.8. The number of quaternary nitrogens is 1. The molecule has 27 heavy (non-hydrogen) atoms. The van der Waals surface area contributed by atoms with Crippen molar-refractivity contribution in [3.05, 3.63) is 48.2 Å². The Morgan fingerprint density at radius 3 is 2.85 bits per heavy atom. The summed E-state index contributed by atoms with van der Waals surface area (Å²) in [5.41, 5.74) is 0.300. The van der Waals surface area contributed by atoms with Gasteiger partial charge in [0.25, 0.3) is 5.91 Å². The third-order valence-corrected chi connectivity index (χ3v) is 5.72. The van der Waals surface area contributed by atoms with Crippen molar-refractivity contribution in [3.63, 3.8) is 0 Å². The molecule has 8 heteroatoms. The molecule has 1 saturated heterocycles. The van der Waals surface area contributed by atoms with Crippen molar-refractivity contribution in [1.29, 1.82) is 0 Å². The van der Waals surface area contributed by atoms with Crippen molar-refractivity contribution in [1.82, 2.24) is 4.98 Å². The molecule has 2 aromatic heterocycles. The van der Waals surface area contributed by atoms with E-state index in [1.165, 1.54) is 28.6 Å². The monoisotopic (exact) mass is 390 g/mol. The number of carbonyl (C=O) groups is 1. The van der Waals surface area contributed by atoms with E-state index < -0.39 is 0 Å². The van der Waals surface area contributed by atoms with Crippen LogP contribution in [0.5, 0.6) is 0 Å². The van der Waals surface area contributed by atoms with E-state index in [9.17, 15) is 9.18 Å². The molecule has 0 saturated carbocycles. The summed E-state index contributed by atoms with van der Waals surface area (Å²) in [4.78, 5) is 20.4. The number of anilines is 1. The number of hydrogen-bond acceptors (Lipinski definition) is 5. The maximum Gasteiger partial charge on any atom is 0.295 e. The fourth-order valence-corrected chi connectivity index (χ4v) is 4.24. The molecule has 142 valence electrons. The number of carbonyl (C=O) groups excluding carboxylic acids is 1. The minimum absolute atomic E-state index is 0.253. The van der Waals surface area contributed by atoms with Gasteiger partial charge in [0.05, 0.1) is 30.7 Å². The lowest BCUT2D eigenvalue weighted by Gasteiger charge is -2.25. The fraction of sp³-hybridized carbons (Fsp3) is 0.368. The molecular weight excluding hydrogens is 369 g/mol. The van der Waals surface area contributed by atoms with Gasteiger partial charge in [-0.15, -0.1) is 0 Å². The van der Waals surface area contributed by atoms with Gasteiger partial charge >= 0.3 is 0 Å². The number of benzene rings is 1. The minimum Gasteiger partial charge on any atom is -0.459 e. The van der Waals surface area contributed by atoms with E-state index in [0.717, 1.165) is 44.0 Å². The summed E-state index contributed by atoms with van der Waals surface area (Å²) >= 11 is 1.32. The van der Waals surface area contributed by atoms with Gasteiger partial charge in [-0.2, -0.15) is 0 Å². The van der Waals surface area contributed by atoms with E-state index in [1.807, 2.05) is 6.07 Å². The van der Waals surface area contributed by atoms with Gasteiger partial charge in [0.2, 0.25) is 0 Å². The van der Waals surface area contributed by atoms with Crippen LogP contribution in [0, 0.1) is 5.82 Å². The van der Waals surface area contributed by atoms with Crippen LogP contribution in [0.2, 0.25) is 0 Å². The van der Waals surface area contributed by atoms with Gasteiger partial charge < -0.3 is 14.1 Å². The smallest absolute Gasteiger partial charge is 0.295 e. The zero-order chi connectivity index (χ0) is 18.6. The number of ether oxygens (including phenoxy) is 1. The maximum atomic E-state index is 14.0. The SMILES string of the molecule is O=C(c1ccco1)N(CCC[NH+]1CCOCC1)c1nc2c(F)cccc2s1. The molecule has 1 aromatic carbocycles. The highest BCUT2D eigenvalue weighted by Gasteiger charge is 2.24. The second-order valence-corrected chi connectivity index (χ2v) is 7.49. The summed E-state index contributed by atoms with van der Waals surface area (Å²) < 4.78 is 25.4. The van der Waals surface area contributed by atoms with E-state index in [1.54, 1.807) is 23.1 Å². The average molecular weight is 390 g/mol. The Morgan fingerprint density at radius 2 is 2.11 bits per heavy atom. The molecule has 4 rings (SSSR count). The molecule has 0 atom stereocenters. The van der Waals surface area contributed by atoms with Crippen molar-refractivity contribution >= 4 is 32.6 Å². The Morgan fingerprint density at radius 1 is 1.26 bits per heavy atom. The Balaban J connectivity index is 1.55. The normalized spacial score (nSPS) is 15.3. The van der Waals surface area contributed by atoms with Gasteiger partial charge in [0, 0.05) is 13.0 Å². The second-order valence-electron chi connectivity index (χ2n) is 6.48. The molecule has 6 nitrogen and oxygen atoms in total. The van der Waals surface area contributed by atoms with Crippen molar-refractivity contribution in [2.45, 2.75) is 6.42 Å². The van der Waals surface area contributed by atoms with Crippen LogP contribution in [0.4, 0.5) is 9.52 Å². The Bertz CT molecular complexity index is 906. The summed E-state index contributed by atoms with van der Waals surface area (Å²) in [5.74, 6) is -0.372. The minimum atomic E-state index is -0.377. The van der Waals surface area contributed by atoms with Crippen LogP contribution in [-0.4, -0.2) is 50.3 Å². The summed E-state index contributed by atoms with van der Waals surface area (Å²) in [7, 11) is 0. The molecule has 0 aliphatic carbocycles. The first kappa shape index (κ1) is 18.1. The maximum absolute atomic E-state index is 14.0. The molecule has 1 amide bonds. The Hall–Kier alpha value is -2.29. The lowest BCUT2D eigenvalue weighted by Crippen LogP contribution is -3.14. The highest BCUT2D eigenvalue weighted by atomic mass is 32.1. The molecular formula is C19H21FN3O3S+. The number of morpholine rings is 1. The molecule has 0 unspecified atom stereocenters. The van der Waals surface area contributed by atoms with Gasteiger partial charge in [-0.1, -0.05) is 17.4 Å². The lowest BCUT2D eigenvalue weighted by molar-refractivity contribution is -0.908. The lowest BCUT2D eigenvalue weighted by atomic mass is 10.3. The third kappa shape index (κ3) is 4.02. The predicted molar refractivity (Wildman–Crippen MR) is 101 cm³/mol. The van der Waals surface area contributed by atoms with Crippen molar-refractivity contribution in [2.24, 2.45) is 0 Å². The van der Waals surface area contributed by atoms with Crippen LogP contribution in [-0.2, 0) is 4.74 Å². The fourth-order valence-electron chi connectivity index (χ4n) is 3.23. The molecule has 3 heterocycles. The molecule has 1 N–H and O–H groups in total. The number of nitrogens with zero attached hydrogens (tertiary/aromatic N) is 2. The molecule has 1 aliphatic rings. The quantitative estimate of drug-likeness (QED) is 0.699. The van der Waals surface area contributed by atoms with Gasteiger partial charge in [-0.3, -0.25) is 9.69 Å². The van der Waals surface area contributed by atoms with Gasteiger partial charge in [0.1, 0.15) is 24.4 Å². The van der Waals surface area contributed by atoms with Crippen molar-refractivity contribution in [3.8, 4) is 0 Å². The highest BCUT2D eigenvalue weighted by Crippen LogP contribution is 2.31. The van der Waals surface area contributed by atoms with E-state index in [0.29, 0.717) is 17.2 Å². The molecule has 0 bridgehead atoms. The number of para-hydroxylation sites is 1. The summed E-state index contributed by atoms with van der Waals surface area (Å²) in [5, 5.41) is 0.494.